The molecule has 0 bridgehead atoms. The number of halogens is 1. The van der Waals surface area contributed by atoms with Crippen LogP contribution in [0.1, 0.15) is 22.9 Å². The van der Waals surface area contributed by atoms with Crippen molar-refractivity contribution in [3.63, 3.8) is 0 Å². The van der Waals surface area contributed by atoms with Gasteiger partial charge in [-0.25, -0.2) is 12.8 Å². The zero-order valence-corrected chi connectivity index (χ0v) is 18.7. The molecule has 1 aromatic heterocycles. The van der Waals surface area contributed by atoms with Gasteiger partial charge in [0.1, 0.15) is 11.9 Å². The summed E-state index contributed by atoms with van der Waals surface area (Å²) in [5.41, 5.74) is 1.59. The molecule has 3 aromatic rings. The lowest BCUT2D eigenvalue weighted by Crippen LogP contribution is -2.27. The zero-order valence-electron chi connectivity index (χ0n) is 16.3. The fourth-order valence-corrected chi connectivity index (χ4v) is 6.16. The molecule has 162 valence electrons. The van der Waals surface area contributed by atoms with E-state index in [0.717, 1.165) is 21.6 Å². The first-order valence-electron chi connectivity index (χ1n) is 9.12. The average molecular weight is 480 g/mol. The van der Waals surface area contributed by atoms with Crippen LogP contribution in [0.2, 0.25) is 0 Å². The summed E-state index contributed by atoms with van der Waals surface area (Å²) < 4.78 is 66.4. The highest BCUT2D eigenvalue weighted by Gasteiger charge is 2.38. The number of nitrogens with zero attached hydrogens (tertiary/aromatic N) is 2. The summed E-state index contributed by atoms with van der Waals surface area (Å²) in [5, 5.41) is 6.24. The SMILES string of the molecule is CS(=O)(=O)Nc1ccc(C2=NN(S(=O)(=O)c3cccc(F)c3)[C@H](c3cccs3)C2)cc1. The second-order valence-electron chi connectivity index (χ2n) is 6.97. The summed E-state index contributed by atoms with van der Waals surface area (Å²) in [4.78, 5) is 0.640. The number of rotatable bonds is 6. The molecule has 0 saturated heterocycles. The maximum absolute atomic E-state index is 13.7. The normalized spacial score (nSPS) is 16.9. The summed E-state index contributed by atoms with van der Waals surface area (Å²) in [5.74, 6) is -0.647. The Morgan fingerprint density at radius 3 is 2.42 bits per heavy atom. The van der Waals surface area contributed by atoms with E-state index >= 15 is 0 Å². The minimum Gasteiger partial charge on any atom is -0.284 e. The molecular formula is C20H18FN3O4S3. The third-order valence-electron chi connectivity index (χ3n) is 4.61. The fourth-order valence-electron chi connectivity index (χ4n) is 3.26. The Labute approximate surface area is 184 Å². The van der Waals surface area contributed by atoms with E-state index in [1.165, 1.54) is 29.5 Å². The number of sulfonamides is 2. The van der Waals surface area contributed by atoms with E-state index in [9.17, 15) is 21.2 Å². The number of thiophene rings is 1. The minimum atomic E-state index is -4.09. The first kappa shape index (κ1) is 21.5. The van der Waals surface area contributed by atoms with Gasteiger partial charge in [0, 0.05) is 17.0 Å². The predicted octanol–water partition coefficient (Wildman–Crippen LogP) is 3.80. The maximum atomic E-state index is 13.7. The van der Waals surface area contributed by atoms with E-state index in [4.69, 9.17) is 0 Å². The average Bonchev–Trinajstić information content (AvgIpc) is 3.37. The predicted molar refractivity (Wildman–Crippen MR) is 119 cm³/mol. The number of benzene rings is 2. The fraction of sp³-hybridized carbons (Fsp3) is 0.150. The number of hydrogen-bond acceptors (Lipinski definition) is 6. The van der Waals surface area contributed by atoms with Crippen molar-refractivity contribution in [1.29, 1.82) is 0 Å². The van der Waals surface area contributed by atoms with Gasteiger partial charge in [0.2, 0.25) is 10.0 Å². The van der Waals surface area contributed by atoms with E-state index in [1.54, 1.807) is 24.3 Å². The van der Waals surface area contributed by atoms with Crippen molar-refractivity contribution in [1.82, 2.24) is 4.41 Å². The van der Waals surface area contributed by atoms with Crippen molar-refractivity contribution >= 4 is 42.8 Å². The second kappa shape index (κ2) is 8.06. The van der Waals surface area contributed by atoms with Gasteiger partial charge in [-0.05, 0) is 47.3 Å². The molecule has 11 heteroatoms. The molecule has 4 rings (SSSR count). The Morgan fingerprint density at radius 2 is 1.81 bits per heavy atom. The van der Waals surface area contributed by atoms with Crippen LogP contribution in [0.5, 0.6) is 0 Å². The highest BCUT2D eigenvalue weighted by molar-refractivity contribution is 7.92. The molecule has 0 unspecified atom stereocenters. The van der Waals surface area contributed by atoms with Gasteiger partial charge in [-0.1, -0.05) is 24.3 Å². The summed E-state index contributed by atoms with van der Waals surface area (Å²) in [7, 11) is -7.50. The topological polar surface area (TPSA) is 95.9 Å². The Kier molecular flexibility index (Phi) is 5.58. The van der Waals surface area contributed by atoms with E-state index in [-0.39, 0.29) is 4.90 Å². The van der Waals surface area contributed by atoms with Crippen LogP contribution in [0.3, 0.4) is 0 Å². The Balaban J connectivity index is 1.72. The standard InChI is InChI=1S/C20H18FN3O4S3/c1-30(25,26)23-16-9-7-14(8-10-16)18-13-19(20-6-3-11-29-20)24(22-18)31(27,28)17-5-2-4-15(21)12-17/h2-12,19,23H,13H2,1H3/t19-/m0/s1. The number of hydrogen-bond donors (Lipinski definition) is 1. The van der Waals surface area contributed by atoms with E-state index in [1.807, 2.05) is 17.5 Å². The van der Waals surface area contributed by atoms with Crippen LogP contribution in [-0.4, -0.2) is 33.2 Å². The number of nitrogens with one attached hydrogen (secondary N) is 1. The second-order valence-corrected chi connectivity index (χ2v) is 11.5. The molecule has 0 aliphatic carbocycles. The maximum Gasteiger partial charge on any atom is 0.279 e. The van der Waals surface area contributed by atoms with Gasteiger partial charge in [0.05, 0.1) is 16.9 Å². The van der Waals surface area contributed by atoms with Gasteiger partial charge < -0.3 is 0 Å². The molecule has 0 fully saturated rings. The third-order valence-corrected chi connectivity index (χ3v) is 7.86. The molecule has 1 aliphatic heterocycles. The Hall–Kier alpha value is -2.76. The van der Waals surface area contributed by atoms with Crippen LogP contribution >= 0.6 is 11.3 Å². The Bertz CT molecular complexity index is 1340. The quantitative estimate of drug-likeness (QED) is 0.582. The first-order valence-corrected chi connectivity index (χ1v) is 13.3. The van der Waals surface area contributed by atoms with Crippen molar-refractivity contribution < 1.29 is 21.2 Å². The molecule has 0 spiro atoms. The van der Waals surface area contributed by atoms with E-state index in [2.05, 4.69) is 9.82 Å². The van der Waals surface area contributed by atoms with E-state index < -0.39 is 31.9 Å². The van der Waals surface area contributed by atoms with Crippen LogP contribution in [0.4, 0.5) is 10.1 Å². The van der Waals surface area contributed by atoms with Crippen LogP contribution in [0.15, 0.2) is 76.0 Å². The van der Waals surface area contributed by atoms with Gasteiger partial charge >= 0.3 is 0 Å². The van der Waals surface area contributed by atoms with Gasteiger partial charge in [0.25, 0.3) is 10.0 Å². The lowest BCUT2D eigenvalue weighted by molar-refractivity contribution is 0.375. The van der Waals surface area contributed by atoms with Crippen LogP contribution in [0.25, 0.3) is 0 Å². The summed E-state index contributed by atoms with van der Waals surface area (Å²) in [6.45, 7) is 0. The molecule has 0 saturated carbocycles. The van der Waals surface area contributed by atoms with Crippen molar-refractivity contribution in [2.24, 2.45) is 5.10 Å². The largest absolute Gasteiger partial charge is 0.284 e. The molecule has 7 nitrogen and oxygen atoms in total. The molecule has 1 atom stereocenters. The highest BCUT2D eigenvalue weighted by Crippen LogP contribution is 2.39. The van der Waals surface area contributed by atoms with Crippen molar-refractivity contribution in [2.75, 3.05) is 11.0 Å². The number of anilines is 1. The van der Waals surface area contributed by atoms with Crippen LogP contribution in [-0.2, 0) is 20.0 Å². The lowest BCUT2D eigenvalue weighted by Gasteiger charge is -2.22. The molecule has 0 amide bonds. The van der Waals surface area contributed by atoms with Gasteiger partial charge in [-0.2, -0.15) is 17.9 Å². The van der Waals surface area contributed by atoms with Gasteiger partial charge in [-0.15, -0.1) is 11.3 Å². The Morgan fingerprint density at radius 1 is 1.06 bits per heavy atom. The summed E-state index contributed by atoms with van der Waals surface area (Å²) >= 11 is 1.41. The molecule has 1 N–H and O–H groups in total. The first-order chi connectivity index (χ1) is 14.6. The highest BCUT2D eigenvalue weighted by atomic mass is 32.2. The molecule has 1 aliphatic rings. The summed E-state index contributed by atoms with van der Waals surface area (Å²) in [6, 6.07) is 14.5. The molecule has 2 aromatic carbocycles. The van der Waals surface area contributed by atoms with Crippen molar-refractivity contribution in [3.05, 3.63) is 82.3 Å². The van der Waals surface area contributed by atoms with Crippen molar-refractivity contribution in [2.45, 2.75) is 17.4 Å². The smallest absolute Gasteiger partial charge is 0.279 e. The molecule has 0 radical (unpaired) electrons. The lowest BCUT2D eigenvalue weighted by atomic mass is 10.0. The monoisotopic (exact) mass is 479 g/mol. The molecule has 31 heavy (non-hydrogen) atoms. The van der Waals surface area contributed by atoms with Crippen molar-refractivity contribution in [3.8, 4) is 0 Å². The van der Waals surface area contributed by atoms with Gasteiger partial charge in [0.15, 0.2) is 0 Å². The minimum absolute atomic E-state index is 0.174. The molecule has 2 heterocycles. The van der Waals surface area contributed by atoms with Gasteiger partial charge in [-0.3, -0.25) is 4.72 Å². The van der Waals surface area contributed by atoms with Crippen LogP contribution in [0, 0.1) is 5.82 Å². The van der Waals surface area contributed by atoms with E-state index in [0.29, 0.717) is 23.4 Å². The van der Waals surface area contributed by atoms with Crippen LogP contribution < -0.4 is 4.72 Å². The number of hydrazone groups is 1. The molecular weight excluding hydrogens is 461 g/mol. The summed E-state index contributed by atoms with van der Waals surface area (Å²) in [6.07, 6.45) is 1.39. The zero-order chi connectivity index (χ0) is 22.2. The third kappa shape index (κ3) is 4.63.